The SMILES string of the molecule is CC(=O)N1CCN(c2nccc(N3CCN(c4ncccn4)CC3)n2)CC1. The van der Waals surface area contributed by atoms with Crippen LogP contribution in [-0.4, -0.2) is 83.1 Å². The molecule has 0 bridgehead atoms. The van der Waals surface area contributed by atoms with Gasteiger partial charge in [0.25, 0.3) is 0 Å². The number of piperazine rings is 2. The molecule has 9 nitrogen and oxygen atoms in total. The van der Waals surface area contributed by atoms with Crippen LogP contribution < -0.4 is 14.7 Å². The van der Waals surface area contributed by atoms with Gasteiger partial charge in [0, 0.05) is 77.9 Å². The van der Waals surface area contributed by atoms with Crippen molar-refractivity contribution < 1.29 is 4.79 Å². The van der Waals surface area contributed by atoms with Gasteiger partial charge < -0.3 is 19.6 Å². The van der Waals surface area contributed by atoms with Crippen molar-refractivity contribution in [3.63, 3.8) is 0 Å². The summed E-state index contributed by atoms with van der Waals surface area (Å²) in [6.07, 6.45) is 5.37. The molecule has 142 valence electrons. The maximum atomic E-state index is 11.5. The fourth-order valence-corrected chi connectivity index (χ4v) is 3.48. The molecule has 0 unspecified atom stereocenters. The number of aromatic nitrogens is 4. The second-order valence-electron chi connectivity index (χ2n) is 6.73. The van der Waals surface area contributed by atoms with Crippen LogP contribution in [0.4, 0.5) is 17.7 Å². The Hall–Kier alpha value is -2.97. The normalized spacial score (nSPS) is 18.0. The van der Waals surface area contributed by atoms with Crippen molar-refractivity contribution >= 4 is 23.6 Å². The van der Waals surface area contributed by atoms with E-state index in [1.54, 1.807) is 19.3 Å². The number of carbonyl (C=O) groups excluding carboxylic acids is 1. The molecule has 2 aliphatic rings. The summed E-state index contributed by atoms with van der Waals surface area (Å²) in [5.74, 6) is 2.60. The third-order valence-electron chi connectivity index (χ3n) is 5.07. The van der Waals surface area contributed by atoms with Crippen molar-refractivity contribution in [2.24, 2.45) is 0 Å². The first-order chi connectivity index (χ1) is 13.2. The van der Waals surface area contributed by atoms with Crippen molar-refractivity contribution in [1.82, 2.24) is 24.8 Å². The van der Waals surface area contributed by atoms with Crippen LogP contribution in [0.1, 0.15) is 6.92 Å². The summed E-state index contributed by atoms with van der Waals surface area (Å²) in [5, 5.41) is 0. The monoisotopic (exact) mass is 368 g/mol. The number of rotatable bonds is 3. The lowest BCUT2D eigenvalue weighted by molar-refractivity contribution is -0.129. The van der Waals surface area contributed by atoms with E-state index in [1.807, 2.05) is 23.2 Å². The lowest BCUT2D eigenvalue weighted by Gasteiger charge is -2.36. The number of hydrogen-bond acceptors (Lipinski definition) is 8. The Morgan fingerprint density at radius 3 is 2.00 bits per heavy atom. The third kappa shape index (κ3) is 3.91. The Morgan fingerprint density at radius 1 is 0.778 bits per heavy atom. The Labute approximate surface area is 158 Å². The molecule has 0 spiro atoms. The van der Waals surface area contributed by atoms with E-state index in [4.69, 9.17) is 4.98 Å². The highest BCUT2D eigenvalue weighted by Gasteiger charge is 2.23. The van der Waals surface area contributed by atoms with Crippen LogP contribution in [0.3, 0.4) is 0 Å². The average molecular weight is 368 g/mol. The maximum absolute atomic E-state index is 11.5. The molecule has 4 rings (SSSR count). The van der Waals surface area contributed by atoms with Gasteiger partial charge in [0.15, 0.2) is 0 Å². The molecular formula is C18H24N8O. The molecule has 0 N–H and O–H groups in total. The summed E-state index contributed by atoms with van der Waals surface area (Å²) in [6.45, 7) is 8.05. The van der Waals surface area contributed by atoms with Crippen molar-refractivity contribution in [2.45, 2.75) is 6.92 Å². The van der Waals surface area contributed by atoms with Crippen LogP contribution in [0.25, 0.3) is 0 Å². The second kappa shape index (κ2) is 7.73. The van der Waals surface area contributed by atoms with Crippen LogP contribution in [0.15, 0.2) is 30.7 Å². The van der Waals surface area contributed by atoms with Gasteiger partial charge >= 0.3 is 0 Å². The summed E-state index contributed by atoms with van der Waals surface area (Å²) in [5.41, 5.74) is 0. The molecule has 2 aromatic rings. The van der Waals surface area contributed by atoms with Gasteiger partial charge in [-0.2, -0.15) is 4.98 Å². The van der Waals surface area contributed by atoms with Gasteiger partial charge in [-0.05, 0) is 12.1 Å². The highest BCUT2D eigenvalue weighted by Crippen LogP contribution is 2.19. The smallest absolute Gasteiger partial charge is 0.227 e. The molecule has 9 heteroatoms. The molecule has 2 fully saturated rings. The summed E-state index contributed by atoms with van der Waals surface area (Å²) >= 11 is 0. The Bertz CT molecular complexity index is 770. The zero-order valence-corrected chi connectivity index (χ0v) is 15.5. The molecule has 0 aliphatic carbocycles. The standard InChI is InChI=1S/C18H24N8O/c1-15(27)23-7-11-26(12-8-23)18-21-6-3-16(22-18)24-9-13-25(14-10-24)17-19-4-2-5-20-17/h2-6H,7-14H2,1H3. The van der Waals surface area contributed by atoms with E-state index in [-0.39, 0.29) is 5.91 Å². The molecular weight excluding hydrogens is 344 g/mol. The quantitative estimate of drug-likeness (QED) is 0.763. The number of carbonyl (C=O) groups is 1. The second-order valence-corrected chi connectivity index (χ2v) is 6.73. The van der Waals surface area contributed by atoms with Crippen LogP contribution in [-0.2, 0) is 4.79 Å². The zero-order chi connectivity index (χ0) is 18.6. The zero-order valence-electron chi connectivity index (χ0n) is 15.5. The highest BCUT2D eigenvalue weighted by molar-refractivity contribution is 5.73. The first kappa shape index (κ1) is 17.4. The molecule has 2 aromatic heterocycles. The molecule has 0 atom stereocenters. The predicted molar refractivity (Wildman–Crippen MR) is 103 cm³/mol. The minimum atomic E-state index is 0.129. The summed E-state index contributed by atoms with van der Waals surface area (Å²) in [6, 6.07) is 3.79. The summed E-state index contributed by atoms with van der Waals surface area (Å²) in [7, 11) is 0. The van der Waals surface area contributed by atoms with E-state index in [0.717, 1.165) is 70.1 Å². The van der Waals surface area contributed by atoms with Crippen molar-refractivity contribution in [3.05, 3.63) is 30.7 Å². The van der Waals surface area contributed by atoms with Crippen molar-refractivity contribution in [2.75, 3.05) is 67.1 Å². The first-order valence-electron chi connectivity index (χ1n) is 9.31. The Kier molecular flexibility index (Phi) is 4.99. The van der Waals surface area contributed by atoms with Gasteiger partial charge in [0.2, 0.25) is 17.8 Å². The van der Waals surface area contributed by atoms with E-state index >= 15 is 0 Å². The van der Waals surface area contributed by atoms with Crippen LogP contribution >= 0.6 is 0 Å². The van der Waals surface area contributed by atoms with Crippen LogP contribution in [0, 0.1) is 0 Å². The summed E-state index contributed by atoms with van der Waals surface area (Å²) < 4.78 is 0. The molecule has 2 aliphatic heterocycles. The van der Waals surface area contributed by atoms with Crippen LogP contribution in [0.2, 0.25) is 0 Å². The van der Waals surface area contributed by atoms with Gasteiger partial charge in [0.05, 0.1) is 0 Å². The van der Waals surface area contributed by atoms with E-state index in [2.05, 4.69) is 29.7 Å². The number of amides is 1. The third-order valence-corrected chi connectivity index (χ3v) is 5.07. The largest absolute Gasteiger partial charge is 0.353 e. The van der Waals surface area contributed by atoms with E-state index in [9.17, 15) is 4.79 Å². The Morgan fingerprint density at radius 2 is 1.33 bits per heavy atom. The van der Waals surface area contributed by atoms with E-state index < -0.39 is 0 Å². The number of anilines is 3. The summed E-state index contributed by atoms with van der Waals surface area (Å²) in [4.78, 5) is 37.9. The van der Waals surface area contributed by atoms with Crippen molar-refractivity contribution in [3.8, 4) is 0 Å². The molecule has 0 radical (unpaired) electrons. The van der Waals surface area contributed by atoms with Crippen molar-refractivity contribution in [1.29, 1.82) is 0 Å². The maximum Gasteiger partial charge on any atom is 0.227 e. The molecule has 2 saturated heterocycles. The van der Waals surface area contributed by atoms with Gasteiger partial charge in [-0.25, -0.2) is 15.0 Å². The minimum absolute atomic E-state index is 0.129. The Balaban J connectivity index is 1.38. The molecule has 27 heavy (non-hydrogen) atoms. The lowest BCUT2D eigenvalue weighted by Crippen LogP contribution is -2.49. The molecule has 4 heterocycles. The number of hydrogen-bond donors (Lipinski definition) is 0. The van der Waals surface area contributed by atoms with Gasteiger partial charge in [-0.1, -0.05) is 0 Å². The van der Waals surface area contributed by atoms with Gasteiger partial charge in [0.1, 0.15) is 5.82 Å². The fourth-order valence-electron chi connectivity index (χ4n) is 3.48. The molecule has 1 amide bonds. The van der Waals surface area contributed by atoms with E-state index in [0.29, 0.717) is 0 Å². The van der Waals surface area contributed by atoms with E-state index in [1.165, 1.54) is 0 Å². The average Bonchev–Trinajstić information content (AvgIpc) is 2.75. The number of nitrogens with zero attached hydrogens (tertiary/aromatic N) is 8. The molecule has 0 saturated carbocycles. The minimum Gasteiger partial charge on any atom is -0.353 e. The fraction of sp³-hybridized carbons (Fsp3) is 0.500. The topological polar surface area (TPSA) is 81.6 Å². The highest BCUT2D eigenvalue weighted by atomic mass is 16.2. The van der Waals surface area contributed by atoms with Crippen LogP contribution in [0.5, 0.6) is 0 Å². The lowest BCUT2D eigenvalue weighted by atomic mass is 10.3. The molecule has 0 aromatic carbocycles. The van der Waals surface area contributed by atoms with Gasteiger partial charge in [-0.15, -0.1) is 0 Å². The van der Waals surface area contributed by atoms with Gasteiger partial charge in [-0.3, -0.25) is 4.79 Å². The predicted octanol–water partition coefficient (Wildman–Crippen LogP) is 0.262. The first-order valence-corrected chi connectivity index (χ1v) is 9.31.